The van der Waals surface area contributed by atoms with Crippen LogP contribution in [0.15, 0.2) is 18.3 Å². The first-order valence-corrected chi connectivity index (χ1v) is 5.94. The lowest BCUT2D eigenvalue weighted by molar-refractivity contribution is 0.902. The van der Waals surface area contributed by atoms with Crippen molar-refractivity contribution in [3.63, 3.8) is 0 Å². The Bertz CT molecular complexity index is 526. The summed E-state index contributed by atoms with van der Waals surface area (Å²) in [5.74, 6) is 0. The summed E-state index contributed by atoms with van der Waals surface area (Å²) in [6.45, 7) is 7.11. The minimum Gasteiger partial charge on any atom is -0.330 e. The van der Waals surface area contributed by atoms with Gasteiger partial charge in [0.05, 0.1) is 6.20 Å². The number of aryl methyl sites for hydroxylation is 1. The Morgan fingerprint density at radius 2 is 1.88 bits per heavy atom. The highest BCUT2D eigenvalue weighted by molar-refractivity contribution is 5.70. The largest absolute Gasteiger partial charge is 0.330 e. The lowest BCUT2D eigenvalue weighted by Gasteiger charge is -2.11. The van der Waals surface area contributed by atoms with Gasteiger partial charge in [0.1, 0.15) is 0 Å². The van der Waals surface area contributed by atoms with Gasteiger partial charge in [-0.05, 0) is 49.6 Å². The normalized spacial score (nSPS) is 10.8. The van der Waals surface area contributed by atoms with E-state index >= 15 is 0 Å². The van der Waals surface area contributed by atoms with Gasteiger partial charge in [-0.15, -0.1) is 0 Å². The average Bonchev–Trinajstić information content (AvgIpc) is 2.75. The first kappa shape index (κ1) is 11.9. The van der Waals surface area contributed by atoms with E-state index in [2.05, 4.69) is 43.1 Å². The molecule has 0 bridgehead atoms. The van der Waals surface area contributed by atoms with Crippen LogP contribution in [0.2, 0.25) is 0 Å². The number of nitrogens with one attached hydrogen (secondary N) is 1. The fourth-order valence-corrected chi connectivity index (χ4v) is 2.13. The number of nitrogens with two attached hydrogens (primary N) is 1. The van der Waals surface area contributed by atoms with Gasteiger partial charge in [-0.1, -0.05) is 12.1 Å². The molecule has 0 radical (unpaired) electrons. The lowest BCUT2D eigenvalue weighted by atomic mass is 9.94. The monoisotopic (exact) mass is 229 g/mol. The van der Waals surface area contributed by atoms with E-state index in [1.54, 1.807) is 0 Å². The van der Waals surface area contributed by atoms with Gasteiger partial charge in [-0.25, -0.2) is 0 Å². The van der Waals surface area contributed by atoms with Gasteiger partial charge in [0.2, 0.25) is 0 Å². The quantitative estimate of drug-likeness (QED) is 0.849. The summed E-state index contributed by atoms with van der Waals surface area (Å²) in [5, 5.41) is 7.17. The Kier molecular flexibility index (Phi) is 3.29. The van der Waals surface area contributed by atoms with Crippen molar-refractivity contribution < 1.29 is 0 Å². The van der Waals surface area contributed by atoms with E-state index in [1.807, 2.05) is 6.20 Å². The smallest absolute Gasteiger partial charge is 0.0568 e. The zero-order valence-corrected chi connectivity index (χ0v) is 10.7. The Labute approximate surface area is 102 Å². The molecule has 0 atom stereocenters. The zero-order valence-electron chi connectivity index (χ0n) is 10.7. The van der Waals surface area contributed by atoms with E-state index in [0.29, 0.717) is 6.54 Å². The van der Waals surface area contributed by atoms with Gasteiger partial charge >= 0.3 is 0 Å². The SMILES string of the molecule is Cc1ccc(-c2cn[nH]c2CCN)c(C)c1C. The molecule has 0 fully saturated rings. The van der Waals surface area contributed by atoms with Crippen molar-refractivity contribution >= 4 is 0 Å². The molecule has 3 heteroatoms. The van der Waals surface area contributed by atoms with Crippen molar-refractivity contribution in [1.82, 2.24) is 10.2 Å². The third kappa shape index (κ3) is 2.11. The third-order valence-corrected chi connectivity index (χ3v) is 3.46. The van der Waals surface area contributed by atoms with Gasteiger partial charge in [0.15, 0.2) is 0 Å². The molecule has 3 N–H and O–H groups in total. The Morgan fingerprint density at radius 3 is 2.59 bits per heavy atom. The third-order valence-electron chi connectivity index (χ3n) is 3.46. The molecule has 1 heterocycles. The number of rotatable bonds is 3. The fourth-order valence-electron chi connectivity index (χ4n) is 2.13. The second kappa shape index (κ2) is 4.72. The van der Waals surface area contributed by atoms with Crippen LogP contribution in [0.4, 0.5) is 0 Å². The number of H-pyrrole nitrogens is 1. The molecule has 0 saturated carbocycles. The van der Waals surface area contributed by atoms with Crippen LogP contribution in [0, 0.1) is 20.8 Å². The van der Waals surface area contributed by atoms with Crippen LogP contribution >= 0.6 is 0 Å². The number of aromatic nitrogens is 2. The summed E-state index contributed by atoms with van der Waals surface area (Å²) in [4.78, 5) is 0. The van der Waals surface area contributed by atoms with Crippen molar-refractivity contribution in [2.45, 2.75) is 27.2 Å². The maximum Gasteiger partial charge on any atom is 0.0568 e. The second-order valence-corrected chi connectivity index (χ2v) is 4.48. The van der Waals surface area contributed by atoms with E-state index in [1.165, 1.54) is 27.8 Å². The van der Waals surface area contributed by atoms with Crippen molar-refractivity contribution in [1.29, 1.82) is 0 Å². The predicted molar refractivity (Wildman–Crippen MR) is 71.0 cm³/mol. The van der Waals surface area contributed by atoms with E-state index in [9.17, 15) is 0 Å². The van der Waals surface area contributed by atoms with E-state index in [-0.39, 0.29) is 0 Å². The number of hydrogen-bond donors (Lipinski definition) is 2. The maximum atomic E-state index is 5.61. The molecule has 0 unspecified atom stereocenters. The number of benzene rings is 1. The van der Waals surface area contributed by atoms with E-state index in [4.69, 9.17) is 5.73 Å². The zero-order chi connectivity index (χ0) is 12.4. The highest BCUT2D eigenvalue weighted by atomic mass is 15.1. The summed E-state index contributed by atoms with van der Waals surface area (Å²) in [5.41, 5.74) is 13.2. The van der Waals surface area contributed by atoms with Crippen LogP contribution in [0.25, 0.3) is 11.1 Å². The molecule has 0 saturated heterocycles. The molecule has 1 aromatic carbocycles. The Morgan fingerprint density at radius 1 is 1.12 bits per heavy atom. The summed E-state index contributed by atoms with van der Waals surface area (Å²) in [7, 11) is 0. The van der Waals surface area contributed by atoms with Crippen molar-refractivity contribution in [2.24, 2.45) is 5.73 Å². The van der Waals surface area contributed by atoms with Gasteiger partial charge in [-0.2, -0.15) is 5.10 Å². The van der Waals surface area contributed by atoms with Crippen LogP contribution in [0.3, 0.4) is 0 Å². The number of aromatic amines is 1. The second-order valence-electron chi connectivity index (χ2n) is 4.48. The van der Waals surface area contributed by atoms with E-state index in [0.717, 1.165) is 12.1 Å². The maximum absolute atomic E-state index is 5.61. The first-order valence-electron chi connectivity index (χ1n) is 5.94. The van der Waals surface area contributed by atoms with Crippen LogP contribution in [0.5, 0.6) is 0 Å². The Hall–Kier alpha value is -1.61. The summed E-state index contributed by atoms with van der Waals surface area (Å²) in [6.07, 6.45) is 2.73. The molecule has 1 aromatic heterocycles. The van der Waals surface area contributed by atoms with Gasteiger partial charge in [0.25, 0.3) is 0 Å². The molecule has 2 rings (SSSR count). The molecule has 17 heavy (non-hydrogen) atoms. The highest BCUT2D eigenvalue weighted by Gasteiger charge is 2.11. The minimum absolute atomic E-state index is 0.638. The Balaban J connectivity index is 2.53. The molecule has 0 aliphatic carbocycles. The molecule has 0 aliphatic rings. The molecular formula is C14H19N3. The van der Waals surface area contributed by atoms with Crippen LogP contribution in [0.1, 0.15) is 22.4 Å². The molecule has 0 aliphatic heterocycles. The van der Waals surface area contributed by atoms with Crippen LogP contribution < -0.4 is 5.73 Å². The van der Waals surface area contributed by atoms with Crippen molar-refractivity contribution in [3.05, 3.63) is 40.7 Å². The van der Waals surface area contributed by atoms with Gasteiger partial charge in [-0.3, -0.25) is 5.10 Å². The number of hydrogen-bond acceptors (Lipinski definition) is 2. The first-order chi connectivity index (χ1) is 8.15. The van der Waals surface area contributed by atoms with Gasteiger partial charge in [0, 0.05) is 17.7 Å². The molecule has 3 nitrogen and oxygen atoms in total. The average molecular weight is 229 g/mol. The molecule has 2 aromatic rings. The summed E-state index contributed by atoms with van der Waals surface area (Å²) >= 11 is 0. The van der Waals surface area contributed by atoms with Gasteiger partial charge < -0.3 is 5.73 Å². The van der Waals surface area contributed by atoms with Crippen LogP contribution in [-0.4, -0.2) is 16.7 Å². The van der Waals surface area contributed by atoms with E-state index < -0.39 is 0 Å². The molecule has 0 amide bonds. The van der Waals surface area contributed by atoms with Crippen LogP contribution in [-0.2, 0) is 6.42 Å². The molecular weight excluding hydrogens is 210 g/mol. The predicted octanol–water partition coefficient (Wildman–Crippen LogP) is 2.50. The standard InChI is InChI=1S/C14H19N3/c1-9-4-5-12(11(3)10(9)2)13-8-16-17-14(13)6-7-15/h4-5,8H,6-7,15H2,1-3H3,(H,16,17). The molecule has 90 valence electrons. The van der Waals surface area contributed by atoms with Crippen molar-refractivity contribution in [2.75, 3.05) is 6.54 Å². The molecule has 0 spiro atoms. The minimum atomic E-state index is 0.638. The fraction of sp³-hybridized carbons (Fsp3) is 0.357. The highest BCUT2D eigenvalue weighted by Crippen LogP contribution is 2.29. The summed E-state index contributed by atoms with van der Waals surface area (Å²) < 4.78 is 0. The van der Waals surface area contributed by atoms with Crippen molar-refractivity contribution in [3.8, 4) is 11.1 Å². The topological polar surface area (TPSA) is 54.7 Å². The number of nitrogens with zero attached hydrogens (tertiary/aromatic N) is 1. The summed E-state index contributed by atoms with van der Waals surface area (Å²) in [6, 6.07) is 4.33. The lowest BCUT2D eigenvalue weighted by Crippen LogP contribution is -2.04.